The molecule has 7 N–H and O–H groups in total. The maximum atomic E-state index is 12.7. The standard InChI is InChI=1S/C22H24N8O5/c23-18-17-19(29-22(24)28-18)25-9-13(26-17)10-30-7-1-2-11-8-12(3-5-15(11)30)20(33)27-14(21(34)35)4-6-16(31)32/h3,5,8-9,14H,1-2,4,6-7,10H2,(H,27,33)(H,31,32)(H,34,35)(H4,23,24,25,28,29). The maximum absolute atomic E-state index is 12.7. The van der Waals surface area contributed by atoms with Gasteiger partial charge in [-0.15, -0.1) is 0 Å². The molecule has 1 unspecified atom stereocenters. The van der Waals surface area contributed by atoms with E-state index in [1.54, 1.807) is 18.3 Å². The molecule has 0 aliphatic carbocycles. The minimum atomic E-state index is -1.29. The summed E-state index contributed by atoms with van der Waals surface area (Å²) in [6.07, 6.45) is 2.63. The van der Waals surface area contributed by atoms with E-state index in [-0.39, 0.29) is 24.6 Å². The minimum absolute atomic E-state index is 0.0263. The molecule has 35 heavy (non-hydrogen) atoms. The molecule has 182 valence electrons. The molecule has 4 rings (SSSR count). The van der Waals surface area contributed by atoms with Gasteiger partial charge in [0.15, 0.2) is 17.0 Å². The molecule has 2 aromatic heterocycles. The van der Waals surface area contributed by atoms with Crippen LogP contribution in [0, 0.1) is 0 Å². The highest BCUT2D eigenvalue weighted by Gasteiger charge is 2.24. The van der Waals surface area contributed by atoms with Crippen LogP contribution in [0.2, 0.25) is 0 Å². The molecular formula is C22H24N8O5. The van der Waals surface area contributed by atoms with Gasteiger partial charge in [-0.1, -0.05) is 0 Å². The molecule has 0 saturated heterocycles. The fourth-order valence-corrected chi connectivity index (χ4v) is 4.00. The second kappa shape index (κ2) is 9.75. The van der Waals surface area contributed by atoms with Gasteiger partial charge in [-0.3, -0.25) is 9.59 Å². The summed E-state index contributed by atoms with van der Waals surface area (Å²) in [5.41, 5.74) is 15.0. The van der Waals surface area contributed by atoms with Gasteiger partial charge in [0.25, 0.3) is 5.91 Å². The molecule has 13 nitrogen and oxygen atoms in total. The quantitative estimate of drug-likeness (QED) is 0.300. The van der Waals surface area contributed by atoms with Crippen LogP contribution in [0.25, 0.3) is 11.2 Å². The van der Waals surface area contributed by atoms with Crippen molar-refractivity contribution in [3.63, 3.8) is 0 Å². The van der Waals surface area contributed by atoms with E-state index in [1.165, 1.54) is 0 Å². The van der Waals surface area contributed by atoms with Gasteiger partial charge in [-0.2, -0.15) is 9.97 Å². The fourth-order valence-electron chi connectivity index (χ4n) is 4.00. The van der Waals surface area contributed by atoms with Gasteiger partial charge >= 0.3 is 11.9 Å². The summed E-state index contributed by atoms with van der Waals surface area (Å²) in [5, 5.41) is 20.5. The molecule has 0 bridgehead atoms. The number of carboxylic acids is 2. The first-order valence-corrected chi connectivity index (χ1v) is 10.9. The number of nitrogen functional groups attached to an aromatic ring is 2. The van der Waals surface area contributed by atoms with Crippen LogP contribution in [-0.2, 0) is 22.6 Å². The zero-order valence-corrected chi connectivity index (χ0v) is 18.6. The molecule has 0 saturated carbocycles. The minimum Gasteiger partial charge on any atom is -0.481 e. The number of hydrogen-bond acceptors (Lipinski definition) is 10. The Morgan fingerprint density at radius 2 is 1.94 bits per heavy atom. The van der Waals surface area contributed by atoms with Crippen LogP contribution in [0.15, 0.2) is 24.4 Å². The van der Waals surface area contributed by atoms with Crippen molar-refractivity contribution in [3.8, 4) is 0 Å². The van der Waals surface area contributed by atoms with E-state index >= 15 is 0 Å². The van der Waals surface area contributed by atoms with Crippen LogP contribution in [-0.4, -0.2) is 60.6 Å². The van der Waals surface area contributed by atoms with Crippen LogP contribution in [0.4, 0.5) is 17.5 Å². The summed E-state index contributed by atoms with van der Waals surface area (Å²) < 4.78 is 0. The first kappa shape index (κ1) is 23.6. The number of carbonyl (C=O) groups is 3. The molecule has 0 spiro atoms. The molecule has 0 radical (unpaired) electrons. The second-order valence-electron chi connectivity index (χ2n) is 8.17. The van der Waals surface area contributed by atoms with Gasteiger partial charge in [0.1, 0.15) is 6.04 Å². The van der Waals surface area contributed by atoms with E-state index in [4.69, 9.17) is 16.6 Å². The smallest absolute Gasteiger partial charge is 0.326 e. The van der Waals surface area contributed by atoms with Crippen molar-refractivity contribution >= 4 is 46.5 Å². The number of amides is 1. The molecule has 1 amide bonds. The molecule has 0 fully saturated rings. The monoisotopic (exact) mass is 480 g/mol. The summed E-state index contributed by atoms with van der Waals surface area (Å²) in [4.78, 5) is 53.7. The number of carbonyl (C=O) groups excluding carboxylic acids is 1. The normalized spacial score (nSPS) is 13.8. The zero-order valence-electron chi connectivity index (χ0n) is 18.6. The van der Waals surface area contributed by atoms with E-state index in [2.05, 4.69) is 30.2 Å². The van der Waals surface area contributed by atoms with Gasteiger partial charge in [0.2, 0.25) is 5.95 Å². The Balaban J connectivity index is 1.51. The lowest BCUT2D eigenvalue weighted by Gasteiger charge is -2.31. The largest absolute Gasteiger partial charge is 0.481 e. The van der Waals surface area contributed by atoms with E-state index in [0.717, 1.165) is 30.6 Å². The third-order valence-corrected chi connectivity index (χ3v) is 5.66. The van der Waals surface area contributed by atoms with Crippen molar-refractivity contribution in [2.75, 3.05) is 22.9 Å². The number of benzene rings is 1. The number of rotatable bonds is 8. The van der Waals surface area contributed by atoms with Crippen molar-refractivity contribution in [2.45, 2.75) is 38.3 Å². The number of nitrogens with zero attached hydrogens (tertiary/aromatic N) is 5. The molecule has 3 aromatic rings. The third kappa shape index (κ3) is 5.34. The van der Waals surface area contributed by atoms with E-state index in [1.807, 2.05) is 6.07 Å². The first-order valence-electron chi connectivity index (χ1n) is 10.9. The van der Waals surface area contributed by atoms with Crippen molar-refractivity contribution in [1.29, 1.82) is 0 Å². The Bertz CT molecular complexity index is 1310. The lowest BCUT2D eigenvalue weighted by Crippen LogP contribution is -2.41. The molecule has 1 aromatic carbocycles. The highest BCUT2D eigenvalue weighted by molar-refractivity contribution is 5.97. The Hall–Kier alpha value is -4.55. The highest BCUT2D eigenvalue weighted by Crippen LogP contribution is 2.29. The van der Waals surface area contributed by atoms with E-state index in [9.17, 15) is 19.5 Å². The average Bonchev–Trinajstić information content (AvgIpc) is 2.81. The van der Waals surface area contributed by atoms with E-state index < -0.39 is 23.9 Å². The van der Waals surface area contributed by atoms with Gasteiger partial charge in [-0.25, -0.2) is 14.8 Å². The van der Waals surface area contributed by atoms with Crippen molar-refractivity contribution in [1.82, 2.24) is 25.3 Å². The summed E-state index contributed by atoms with van der Waals surface area (Å²) in [6, 6.07) is 3.87. The molecule has 1 atom stereocenters. The lowest BCUT2D eigenvalue weighted by molar-refractivity contribution is -0.140. The van der Waals surface area contributed by atoms with E-state index in [0.29, 0.717) is 29.0 Å². The number of aromatic nitrogens is 4. The predicted molar refractivity (Wildman–Crippen MR) is 126 cm³/mol. The number of nitrogens with one attached hydrogen (secondary N) is 1. The maximum Gasteiger partial charge on any atom is 0.326 e. The number of nitrogens with two attached hydrogens (primary N) is 2. The SMILES string of the molecule is Nc1nc(N)c2nc(CN3CCCc4cc(C(=O)NC(CCC(=O)O)C(=O)O)ccc43)cnc2n1. The molecule has 1 aliphatic rings. The predicted octanol–water partition coefficient (Wildman–Crippen LogP) is 0.585. The van der Waals surface area contributed by atoms with Crippen LogP contribution < -0.4 is 21.7 Å². The number of aryl methyl sites for hydroxylation is 1. The highest BCUT2D eigenvalue weighted by atomic mass is 16.4. The van der Waals surface area contributed by atoms with Crippen LogP contribution in [0.5, 0.6) is 0 Å². The van der Waals surface area contributed by atoms with Crippen LogP contribution in [0.1, 0.15) is 40.9 Å². The van der Waals surface area contributed by atoms with Crippen molar-refractivity contribution in [3.05, 3.63) is 41.2 Å². The molecule has 3 heterocycles. The van der Waals surface area contributed by atoms with Gasteiger partial charge in [0.05, 0.1) is 18.4 Å². The molecule has 13 heteroatoms. The summed E-state index contributed by atoms with van der Waals surface area (Å²) in [7, 11) is 0. The topological polar surface area (TPSA) is 211 Å². The number of fused-ring (bicyclic) bond motifs is 2. The third-order valence-electron chi connectivity index (χ3n) is 5.66. The average molecular weight is 480 g/mol. The second-order valence-corrected chi connectivity index (χ2v) is 8.17. The van der Waals surface area contributed by atoms with Crippen LogP contribution in [0.3, 0.4) is 0 Å². The number of anilines is 3. The summed E-state index contributed by atoms with van der Waals surface area (Å²) in [5.74, 6) is -2.81. The Morgan fingerprint density at radius 1 is 1.14 bits per heavy atom. The Labute approximate surface area is 199 Å². The Morgan fingerprint density at radius 3 is 2.69 bits per heavy atom. The fraction of sp³-hybridized carbons (Fsp3) is 0.318. The Kier molecular flexibility index (Phi) is 6.57. The zero-order chi connectivity index (χ0) is 25.1. The first-order chi connectivity index (χ1) is 16.7. The molecule has 1 aliphatic heterocycles. The molecular weight excluding hydrogens is 456 g/mol. The lowest BCUT2D eigenvalue weighted by atomic mass is 9.98. The van der Waals surface area contributed by atoms with Gasteiger partial charge in [-0.05, 0) is 43.0 Å². The number of carboxylic acid groups (broad SMARTS) is 2. The number of aliphatic carboxylic acids is 2. The summed E-state index contributed by atoms with van der Waals surface area (Å²) in [6.45, 7) is 1.21. The number of hydrogen-bond donors (Lipinski definition) is 5. The van der Waals surface area contributed by atoms with Gasteiger partial charge in [0, 0.05) is 24.2 Å². The van der Waals surface area contributed by atoms with Gasteiger partial charge < -0.3 is 31.9 Å². The summed E-state index contributed by atoms with van der Waals surface area (Å²) >= 11 is 0. The van der Waals surface area contributed by atoms with Crippen molar-refractivity contribution < 1.29 is 24.6 Å². The van der Waals surface area contributed by atoms with Crippen LogP contribution >= 0.6 is 0 Å². The van der Waals surface area contributed by atoms with Crippen molar-refractivity contribution in [2.24, 2.45) is 0 Å².